The summed E-state index contributed by atoms with van der Waals surface area (Å²) in [7, 11) is 1.54. The van der Waals surface area contributed by atoms with E-state index in [1.54, 1.807) is 6.07 Å². The van der Waals surface area contributed by atoms with E-state index in [0.29, 0.717) is 17.5 Å². The fourth-order valence-electron chi connectivity index (χ4n) is 0.519. The highest BCUT2D eigenvalue weighted by atomic mass is 35.5. The van der Waals surface area contributed by atoms with Crippen molar-refractivity contribution in [2.45, 2.75) is 5.88 Å². The summed E-state index contributed by atoms with van der Waals surface area (Å²) >= 11 is 5.49. The molecule has 0 aromatic carbocycles. The quantitative estimate of drug-likeness (QED) is 0.602. The topological polar surface area (TPSA) is 35.0 Å². The molecule has 0 aliphatic heterocycles. The Labute approximate surface area is 64.0 Å². The van der Waals surface area contributed by atoms with Gasteiger partial charge in [0.1, 0.15) is 0 Å². The molecule has 0 aliphatic rings. The van der Waals surface area contributed by atoms with Crippen LogP contribution < -0.4 is 4.74 Å². The SMILES string of the molecule is COc1cc(CCl)n[c]n1. The van der Waals surface area contributed by atoms with Gasteiger partial charge in [0.05, 0.1) is 18.7 Å². The molecule has 10 heavy (non-hydrogen) atoms. The van der Waals surface area contributed by atoms with Crippen LogP contribution in [0.4, 0.5) is 0 Å². The molecule has 0 saturated heterocycles. The van der Waals surface area contributed by atoms with Gasteiger partial charge in [0, 0.05) is 6.07 Å². The van der Waals surface area contributed by atoms with Gasteiger partial charge in [-0.1, -0.05) is 0 Å². The first-order chi connectivity index (χ1) is 4.86. The Bertz CT molecular complexity index is 197. The average molecular weight is 158 g/mol. The van der Waals surface area contributed by atoms with Crippen molar-refractivity contribution < 1.29 is 4.74 Å². The zero-order valence-corrected chi connectivity index (χ0v) is 6.22. The van der Waals surface area contributed by atoms with Gasteiger partial charge in [-0.25, -0.2) is 4.98 Å². The minimum atomic E-state index is 0.357. The first-order valence-corrected chi connectivity index (χ1v) is 3.24. The number of nitrogens with zero attached hydrogens (tertiary/aromatic N) is 2. The molecule has 0 spiro atoms. The number of alkyl halides is 1. The molecule has 4 heteroatoms. The molecule has 0 bridgehead atoms. The van der Waals surface area contributed by atoms with Gasteiger partial charge in [-0.2, -0.15) is 4.98 Å². The molecule has 53 valence electrons. The van der Waals surface area contributed by atoms with Crippen LogP contribution in [0.15, 0.2) is 6.07 Å². The molecule has 0 N–H and O–H groups in total. The zero-order valence-electron chi connectivity index (χ0n) is 5.47. The molecular weight excluding hydrogens is 152 g/mol. The van der Waals surface area contributed by atoms with Gasteiger partial charge in [0.15, 0.2) is 0 Å². The predicted octanol–water partition coefficient (Wildman–Crippen LogP) is 1.02. The van der Waals surface area contributed by atoms with Crippen molar-refractivity contribution in [1.29, 1.82) is 0 Å². The third-order valence-corrected chi connectivity index (χ3v) is 1.26. The summed E-state index contributed by atoms with van der Waals surface area (Å²) in [6.07, 6.45) is 2.42. The highest BCUT2D eigenvalue weighted by molar-refractivity contribution is 6.16. The highest BCUT2D eigenvalue weighted by Crippen LogP contribution is 2.06. The summed E-state index contributed by atoms with van der Waals surface area (Å²) in [5.74, 6) is 0.848. The van der Waals surface area contributed by atoms with Crippen molar-refractivity contribution in [3.63, 3.8) is 0 Å². The van der Waals surface area contributed by atoms with E-state index in [0.717, 1.165) is 0 Å². The summed E-state index contributed by atoms with van der Waals surface area (Å²) < 4.78 is 4.82. The van der Waals surface area contributed by atoms with E-state index in [2.05, 4.69) is 16.3 Å². The number of rotatable bonds is 2. The second kappa shape index (κ2) is 3.37. The summed E-state index contributed by atoms with van der Waals surface area (Å²) in [6, 6.07) is 1.67. The van der Waals surface area contributed by atoms with Crippen LogP contribution in [0.5, 0.6) is 5.88 Å². The van der Waals surface area contributed by atoms with Crippen LogP contribution in [0.25, 0.3) is 0 Å². The zero-order chi connectivity index (χ0) is 7.40. The van der Waals surface area contributed by atoms with Gasteiger partial charge >= 0.3 is 0 Å². The molecule has 0 fully saturated rings. The predicted molar refractivity (Wildman–Crippen MR) is 37.0 cm³/mol. The van der Waals surface area contributed by atoms with Crippen LogP contribution in [0.3, 0.4) is 0 Å². The molecule has 1 rings (SSSR count). The maximum Gasteiger partial charge on any atom is 0.217 e. The van der Waals surface area contributed by atoms with Crippen molar-refractivity contribution in [3.05, 3.63) is 18.1 Å². The lowest BCUT2D eigenvalue weighted by molar-refractivity contribution is 0.396. The van der Waals surface area contributed by atoms with Crippen molar-refractivity contribution in [2.75, 3.05) is 7.11 Å². The molecule has 0 unspecified atom stereocenters. The average Bonchev–Trinajstić information content (AvgIpc) is 2.05. The smallest absolute Gasteiger partial charge is 0.217 e. The van der Waals surface area contributed by atoms with Crippen LogP contribution in [0.2, 0.25) is 0 Å². The maximum atomic E-state index is 5.49. The molecule has 1 aromatic rings. The Kier molecular flexibility index (Phi) is 2.45. The van der Waals surface area contributed by atoms with Gasteiger partial charge in [-0.3, -0.25) is 0 Å². The number of hydrogen-bond donors (Lipinski definition) is 0. The highest BCUT2D eigenvalue weighted by Gasteiger charge is 1.95. The maximum absolute atomic E-state index is 5.49. The van der Waals surface area contributed by atoms with E-state index in [1.807, 2.05) is 0 Å². The van der Waals surface area contributed by atoms with Gasteiger partial charge < -0.3 is 4.74 Å². The summed E-state index contributed by atoms with van der Waals surface area (Å²) in [5, 5.41) is 0. The van der Waals surface area contributed by atoms with Gasteiger partial charge in [0.25, 0.3) is 0 Å². The largest absolute Gasteiger partial charge is 0.481 e. The summed E-state index contributed by atoms with van der Waals surface area (Å²) in [5.41, 5.74) is 0.716. The van der Waals surface area contributed by atoms with Crippen LogP contribution in [-0.4, -0.2) is 17.1 Å². The van der Waals surface area contributed by atoms with E-state index in [-0.39, 0.29) is 0 Å². The lowest BCUT2D eigenvalue weighted by atomic mass is 10.4. The Morgan fingerprint density at radius 2 is 2.50 bits per heavy atom. The van der Waals surface area contributed by atoms with Gasteiger partial charge in [0.2, 0.25) is 12.2 Å². The Morgan fingerprint density at radius 1 is 1.70 bits per heavy atom. The van der Waals surface area contributed by atoms with Crippen LogP contribution in [-0.2, 0) is 5.88 Å². The molecule has 0 amide bonds. The molecule has 1 heterocycles. The third kappa shape index (κ3) is 1.57. The fraction of sp³-hybridized carbons (Fsp3) is 0.333. The van der Waals surface area contributed by atoms with Crippen molar-refractivity contribution in [2.24, 2.45) is 0 Å². The van der Waals surface area contributed by atoms with Crippen molar-refractivity contribution in [1.82, 2.24) is 9.97 Å². The number of aromatic nitrogens is 2. The van der Waals surface area contributed by atoms with Gasteiger partial charge in [-0.05, 0) is 0 Å². The first-order valence-electron chi connectivity index (χ1n) is 2.70. The summed E-state index contributed by atoms with van der Waals surface area (Å²) in [4.78, 5) is 7.45. The molecule has 1 aromatic heterocycles. The minimum Gasteiger partial charge on any atom is -0.481 e. The minimum absolute atomic E-state index is 0.357. The lowest BCUT2D eigenvalue weighted by Crippen LogP contribution is -1.91. The molecule has 0 saturated carbocycles. The second-order valence-electron chi connectivity index (χ2n) is 1.64. The Hall–Kier alpha value is -0.830. The van der Waals surface area contributed by atoms with Crippen LogP contribution in [0, 0.1) is 6.33 Å². The third-order valence-electron chi connectivity index (χ3n) is 0.990. The lowest BCUT2D eigenvalue weighted by Gasteiger charge is -1.96. The fourth-order valence-corrected chi connectivity index (χ4v) is 0.656. The van der Waals surface area contributed by atoms with Crippen molar-refractivity contribution >= 4 is 11.6 Å². The Balaban J connectivity index is 2.87. The van der Waals surface area contributed by atoms with E-state index in [9.17, 15) is 0 Å². The van der Waals surface area contributed by atoms with E-state index in [1.165, 1.54) is 7.11 Å². The van der Waals surface area contributed by atoms with Crippen LogP contribution in [0.1, 0.15) is 5.69 Å². The van der Waals surface area contributed by atoms with E-state index < -0.39 is 0 Å². The second-order valence-corrected chi connectivity index (χ2v) is 1.90. The van der Waals surface area contributed by atoms with Crippen LogP contribution >= 0.6 is 11.6 Å². The molecule has 3 nitrogen and oxygen atoms in total. The molecular formula is C6H6ClN2O. The molecule has 1 radical (unpaired) electrons. The van der Waals surface area contributed by atoms with Crippen molar-refractivity contribution in [3.8, 4) is 5.88 Å². The number of methoxy groups -OCH3 is 1. The summed E-state index contributed by atoms with van der Waals surface area (Å²) in [6.45, 7) is 0. The normalized spacial score (nSPS) is 9.40. The standard InChI is InChI=1S/C6H6ClN2O/c1-10-6-2-5(3-7)8-4-9-6/h2H,3H2,1H3. The monoisotopic (exact) mass is 157 g/mol. The number of halogens is 1. The first kappa shape index (κ1) is 7.28. The molecule has 0 atom stereocenters. The Morgan fingerprint density at radius 3 is 3.10 bits per heavy atom. The number of ether oxygens (including phenoxy) is 1. The molecule has 0 aliphatic carbocycles. The van der Waals surface area contributed by atoms with E-state index in [4.69, 9.17) is 16.3 Å². The van der Waals surface area contributed by atoms with Gasteiger partial charge in [-0.15, -0.1) is 11.6 Å². The van der Waals surface area contributed by atoms with E-state index >= 15 is 0 Å². The number of hydrogen-bond acceptors (Lipinski definition) is 3.